The van der Waals surface area contributed by atoms with Gasteiger partial charge in [-0.2, -0.15) is 0 Å². The summed E-state index contributed by atoms with van der Waals surface area (Å²) in [5, 5.41) is 8.47. The van der Waals surface area contributed by atoms with Crippen LogP contribution < -0.4 is 0 Å². The first-order valence-electron chi connectivity index (χ1n) is 4.22. The van der Waals surface area contributed by atoms with Crippen LogP contribution in [0.3, 0.4) is 0 Å². The molecule has 0 aliphatic heterocycles. The Bertz CT molecular complexity index is 111. The van der Waals surface area contributed by atoms with Gasteiger partial charge in [0.2, 0.25) is 4.52 Å². The standard InChI is InChI=1S/C8H15Cl3O/c1-2-3-4-5-6-7(9)8(10,11)12/h7,12H,2-6H2,1H3. The first-order chi connectivity index (χ1) is 5.48. The summed E-state index contributed by atoms with van der Waals surface area (Å²) in [6.07, 6.45) is 5.10. The average molecular weight is 234 g/mol. The smallest absolute Gasteiger partial charge is 0.231 e. The highest BCUT2D eigenvalue weighted by molar-refractivity contribution is 6.50. The van der Waals surface area contributed by atoms with E-state index >= 15 is 0 Å². The Kier molecular flexibility index (Phi) is 6.75. The number of alkyl halides is 3. The minimum Gasteiger partial charge on any atom is -0.361 e. The third-order valence-corrected chi connectivity index (χ3v) is 2.97. The van der Waals surface area contributed by atoms with Gasteiger partial charge in [0.25, 0.3) is 0 Å². The molecule has 1 N–H and O–H groups in total. The van der Waals surface area contributed by atoms with Crippen LogP contribution in [0.2, 0.25) is 0 Å². The molecule has 1 atom stereocenters. The molecule has 0 amide bonds. The lowest BCUT2D eigenvalue weighted by atomic mass is 10.1. The van der Waals surface area contributed by atoms with Crippen molar-refractivity contribution in [2.45, 2.75) is 48.9 Å². The zero-order valence-electron chi connectivity index (χ0n) is 7.19. The lowest BCUT2D eigenvalue weighted by Gasteiger charge is -2.18. The molecule has 74 valence electrons. The summed E-state index contributed by atoms with van der Waals surface area (Å²) in [5.41, 5.74) is 0. The molecular weight excluding hydrogens is 218 g/mol. The van der Waals surface area contributed by atoms with Gasteiger partial charge in [0.15, 0.2) is 0 Å². The van der Waals surface area contributed by atoms with Gasteiger partial charge in [-0.3, -0.25) is 0 Å². The fraction of sp³-hybridized carbons (Fsp3) is 1.00. The monoisotopic (exact) mass is 232 g/mol. The second-order valence-corrected chi connectivity index (χ2v) is 4.78. The van der Waals surface area contributed by atoms with E-state index in [0.29, 0.717) is 6.42 Å². The quantitative estimate of drug-likeness (QED) is 0.548. The van der Waals surface area contributed by atoms with Crippen molar-refractivity contribution in [1.29, 1.82) is 0 Å². The molecule has 0 bridgehead atoms. The van der Waals surface area contributed by atoms with Crippen LogP contribution in [-0.2, 0) is 0 Å². The van der Waals surface area contributed by atoms with Gasteiger partial charge in [0.05, 0.1) is 5.38 Å². The van der Waals surface area contributed by atoms with E-state index in [-0.39, 0.29) is 0 Å². The van der Waals surface area contributed by atoms with Crippen molar-refractivity contribution in [2.75, 3.05) is 0 Å². The Balaban J connectivity index is 3.38. The number of aliphatic hydroxyl groups is 1. The molecule has 1 unspecified atom stereocenters. The fourth-order valence-corrected chi connectivity index (χ4v) is 1.30. The van der Waals surface area contributed by atoms with Gasteiger partial charge >= 0.3 is 0 Å². The van der Waals surface area contributed by atoms with E-state index in [1.807, 2.05) is 0 Å². The van der Waals surface area contributed by atoms with Crippen molar-refractivity contribution in [1.82, 2.24) is 0 Å². The van der Waals surface area contributed by atoms with Crippen LogP contribution in [0.5, 0.6) is 0 Å². The third-order valence-electron chi connectivity index (χ3n) is 1.69. The lowest BCUT2D eigenvalue weighted by molar-refractivity contribution is 0.203. The summed E-state index contributed by atoms with van der Waals surface area (Å²) < 4.78 is -1.78. The van der Waals surface area contributed by atoms with Crippen molar-refractivity contribution < 1.29 is 5.11 Å². The van der Waals surface area contributed by atoms with Gasteiger partial charge in [-0.1, -0.05) is 55.8 Å². The topological polar surface area (TPSA) is 20.2 Å². The molecule has 0 aromatic rings. The summed E-state index contributed by atoms with van der Waals surface area (Å²) in [7, 11) is 0. The largest absolute Gasteiger partial charge is 0.361 e. The summed E-state index contributed by atoms with van der Waals surface area (Å²) in [5.74, 6) is 0. The predicted molar refractivity (Wildman–Crippen MR) is 55.1 cm³/mol. The molecule has 0 heterocycles. The number of rotatable bonds is 6. The fourth-order valence-electron chi connectivity index (χ4n) is 0.924. The molecule has 0 aromatic carbocycles. The Labute approximate surface area is 89.0 Å². The van der Waals surface area contributed by atoms with Crippen LogP contribution in [0.15, 0.2) is 0 Å². The number of hydrogen-bond acceptors (Lipinski definition) is 1. The molecule has 0 aliphatic rings. The maximum atomic E-state index is 9.04. The van der Waals surface area contributed by atoms with E-state index in [2.05, 4.69) is 6.92 Å². The molecule has 0 rings (SSSR count). The normalized spacial score (nSPS) is 14.8. The van der Waals surface area contributed by atoms with E-state index in [1.54, 1.807) is 0 Å². The van der Waals surface area contributed by atoms with Crippen molar-refractivity contribution in [2.24, 2.45) is 0 Å². The molecule has 0 saturated heterocycles. The van der Waals surface area contributed by atoms with Gasteiger partial charge in [0, 0.05) is 0 Å². The Morgan fingerprint density at radius 1 is 1.25 bits per heavy atom. The van der Waals surface area contributed by atoms with Crippen LogP contribution in [0.4, 0.5) is 0 Å². The third kappa shape index (κ3) is 6.36. The van der Waals surface area contributed by atoms with Gasteiger partial charge < -0.3 is 5.11 Å². The maximum Gasteiger partial charge on any atom is 0.231 e. The Morgan fingerprint density at radius 3 is 2.25 bits per heavy atom. The predicted octanol–water partition coefficient (Wildman–Crippen LogP) is 3.69. The molecule has 0 radical (unpaired) electrons. The van der Waals surface area contributed by atoms with Gasteiger partial charge in [-0.15, -0.1) is 11.6 Å². The molecule has 12 heavy (non-hydrogen) atoms. The molecular formula is C8H15Cl3O. The van der Waals surface area contributed by atoms with Crippen LogP contribution >= 0.6 is 34.8 Å². The van der Waals surface area contributed by atoms with Crippen molar-refractivity contribution in [3.63, 3.8) is 0 Å². The number of hydrogen-bond donors (Lipinski definition) is 1. The zero-order valence-corrected chi connectivity index (χ0v) is 9.46. The second-order valence-electron chi connectivity index (χ2n) is 2.90. The minimum absolute atomic E-state index is 0.572. The summed E-state index contributed by atoms with van der Waals surface area (Å²) in [6, 6.07) is 0. The second kappa shape index (κ2) is 6.31. The highest BCUT2D eigenvalue weighted by Gasteiger charge is 2.29. The van der Waals surface area contributed by atoms with E-state index in [0.717, 1.165) is 12.8 Å². The van der Waals surface area contributed by atoms with Crippen molar-refractivity contribution in [3.05, 3.63) is 0 Å². The van der Waals surface area contributed by atoms with Crippen LogP contribution in [0.1, 0.15) is 39.0 Å². The Hall–Kier alpha value is 0.830. The van der Waals surface area contributed by atoms with Crippen LogP contribution in [0, 0.1) is 0 Å². The van der Waals surface area contributed by atoms with E-state index in [1.165, 1.54) is 12.8 Å². The molecule has 0 fully saturated rings. The minimum atomic E-state index is -1.78. The lowest BCUT2D eigenvalue weighted by Crippen LogP contribution is -2.25. The molecule has 0 spiro atoms. The zero-order chi connectivity index (χ0) is 9.61. The molecule has 4 heteroatoms. The average Bonchev–Trinajstić information content (AvgIpc) is 1.96. The van der Waals surface area contributed by atoms with Crippen molar-refractivity contribution >= 4 is 34.8 Å². The van der Waals surface area contributed by atoms with E-state index in [9.17, 15) is 0 Å². The van der Waals surface area contributed by atoms with Gasteiger partial charge in [0.1, 0.15) is 0 Å². The maximum absolute atomic E-state index is 9.04. The van der Waals surface area contributed by atoms with Gasteiger partial charge in [-0.05, 0) is 6.42 Å². The SMILES string of the molecule is CCCCCCC(Cl)C(O)(Cl)Cl. The van der Waals surface area contributed by atoms with Gasteiger partial charge in [-0.25, -0.2) is 0 Å². The first kappa shape index (κ1) is 12.8. The number of unbranched alkanes of at least 4 members (excludes halogenated alkanes) is 3. The molecule has 1 nitrogen and oxygen atoms in total. The summed E-state index contributed by atoms with van der Waals surface area (Å²) in [6.45, 7) is 2.14. The first-order valence-corrected chi connectivity index (χ1v) is 5.42. The number of halogens is 3. The van der Waals surface area contributed by atoms with E-state index < -0.39 is 9.90 Å². The summed E-state index contributed by atoms with van der Waals surface area (Å²) >= 11 is 16.5. The highest BCUT2D eigenvalue weighted by Crippen LogP contribution is 2.29. The summed E-state index contributed by atoms with van der Waals surface area (Å²) in [4.78, 5) is 0. The highest BCUT2D eigenvalue weighted by atomic mass is 35.5. The van der Waals surface area contributed by atoms with Crippen LogP contribution in [-0.4, -0.2) is 15.0 Å². The van der Waals surface area contributed by atoms with Crippen molar-refractivity contribution in [3.8, 4) is 0 Å². The Morgan fingerprint density at radius 2 is 1.83 bits per heavy atom. The molecule has 0 aromatic heterocycles. The molecule has 0 aliphatic carbocycles. The molecule has 0 saturated carbocycles. The van der Waals surface area contributed by atoms with E-state index in [4.69, 9.17) is 39.9 Å². The van der Waals surface area contributed by atoms with Crippen LogP contribution in [0.25, 0.3) is 0 Å².